The normalized spacial score (nSPS) is 29.3. The van der Waals surface area contributed by atoms with Gasteiger partial charge in [-0.15, -0.1) is 0 Å². The number of carbonyl (C=O) groups excluding carboxylic acids is 1. The number of esters is 1. The first-order valence-corrected chi connectivity index (χ1v) is 9.34. The Bertz CT molecular complexity index is 886. The summed E-state index contributed by atoms with van der Waals surface area (Å²) in [5, 5.41) is 0. The molecule has 134 valence electrons. The Labute approximate surface area is 158 Å². The fourth-order valence-corrected chi connectivity index (χ4v) is 4.44. The van der Waals surface area contributed by atoms with Crippen molar-refractivity contribution in [1.29, 1.82) is 0 Å². The molecule has 2 aliphatic heterocycles. The zero-order chi connectivity index (χ0) is 18.2. The summed E-state index contributed by atoms with van der Waals surface area (Å²) in [4.78, 5) is 12.9. The van der Waals surface area contributed by atoms with Gasteiger partial charge in [-0.3, -0.25) is 4.79 Å². The smallest absolute Gasteiger partial charge is 0.313 e. The predicted molar refractivity (Wildman–Crippen MR) is 102 cm³/mol. The van der Waals surface area contributed by atoms with Crippen LogP contribution in [0, 0.1) is 11.8 Å². The van der Waals surface area contributed by atoms with Crippen molar-refractivity contribution < 1.29 is 14.3 Å². The van der Waals surface area contributed by atoms with Crippen molar-refractivity contribution in [1.82, 2.24) is 0 Å². The lowest BCUT2D eigenvalue weighted by atomic mass is 9.79. The molecule has 5 atom stereocenters. The zero-order valence-corrected chi connectivity index (χ0v) is 14.8. The van der Waals surface area contributed by atoms with E-state index in [1.165, 1.54) is 0 Å². The summed E-state index contributed by atoms with van der Waals surface area (Å²) in [6, 6.07) is 30.2. The van der Waals surface area contributed by atoms with Crippen LogP contribution in [0.15, 0.2) is 91.0 Å². The second-order valence-corrected chi connectivity index (χ2v) is 7.17. The van der Waals surface area contributed by atoms with Crippen molar-refractivity contribution in [3.05, 3.63) is 108 Å². The average molecular weight is 356 g/mol. The van der Waals surface area contributed by atoms with Gasteiger partial charge in [0.05, 0.1) is 18.1 Å². The molecular formula is C24H20O3. The number of benzene rings is 3. The van der Waals surface area contributed by atoms with Crippen molar-refractivity contribution in [2.24, 2.45) is 11.8 Å². The number of cyclic esters (lactones) is 1. The molecule has 5 rings (SSSR count). The molecule has 0 spiro atoms. The lowest BCUT2D eigenvalue weighted by Gasteiger charge is -2.23. The number of rotatable bonds is 3. The van der Waals surface area contributed by atoms with E-state index in [1.807, 2.05) is 78.9 Å². The molecule has 27 heavy (non-hydrogen) atoms. The molecule has 3 heteroatoms. The van der Waals surface area contributed by atoms with Crippen LogP contribution in [0.4, 0.5) is 0 Å². The molecule has 0 unspecified atom stereocenters. The molecule has 0 aliphatic carbocycles. The second-order valence-electron chi connectivity index (χ2n) is 7.17. The third-order valence-corrected chi connectivity index (χ3v) is 5.63. The Balaban J connectivity index is 1.60. The molecule has 2 fully saturated rings. The largest absolute Gasteiger partial charge is 0.457 e. The van der Waals surface area contributed by atoms with E-state index in [4.69, 9.17) is 9.47 Å². The van der Waals surface area contributed by atoms with Crippen LogP contribution in [0.25, 0.3) is 0 Å². The fraction of sp³-hybridized carbons (Fsp3) is 0.208. The highest BCUT2D eigenvalue weighted by Crippen LogP contribution is 2.58. The van der Waals surface area contributed by atoms with Crippen molar-refractivity contribution in [2.75, 3.05) is 0 Å². The maximum atomic E-state index is 12.9. The van der Waals surface area contributed by atoms with Crippen molar-refractivity contribution in [3.63, 3.8) is 0 Å². The number of ether oxygens (including phenoxy) is 2. The molecule has 2 heterocycles. The highest BCUT2D eigenvalue weighted by molar-refractivity contribution is 5.77. The van der Waals surface area contributed by atoms with Crippen molar-refractivity contribution >= 4 is 5.97 Å². The number of carbonyl (C=O) groups is 1. The highest BCUT2D eigenvalue weighted by atomic mass is 16.6. The summed E-state index contributed by atoms with van der Waals surface area (Å²) < 4.78 is 12.4. The van der Waals surface area contributed by atoms with Gasteiger partial charge < -0.3 is 9.47 Å². The SMILES string of the molecule is O=C1O[C@H](c2ccccc2)[C@@H]2[C@H]1[C@H](c1ccccc1)O[C@@H]2c1ccccc1. The van der Waals surface area contributed by atoms with Gasteiger partial charge in [0.1, 0.15) is 6.10 Å². The van der Waals surface area contributed by atoms with E-state index in [-0.39, 0.29) is 36.1 Å². The van der Waals surface area contributed by atoms with E-state index < -0.39 is 0 Å². The number of hydrogen-bond acceptors (Lipinski definition) is 3. The summed E-state index contributed by atoms with van der Waals surface area (Å²) in [7, 11) is 0. The van der Waals surface area contributed by atoms with Crippen molar-refractivity contribution in [2.45, 2.75) is 18.3 Å². The predicted octanol–water partition coefficient (Wildman–Crippen LogP) is 5.03. The van der Waals surface area contributed by atoms with Crippen LogP contribution in [0.2, 0.25) is 0 Å². The molecular weight excluding hydrogens is 336 g/mol. The Morgan fingerprint density at radius 3 is 1.52 bits per heavy atom. The van der Waals surface area contributed by atoms with E-state index in [0.717, 1.165) is 16.7 Å². The fourth-order valence-electron chi connectivity index (χ4n) is 4.44. The van der Waals surface area contributed by atoms with E-state index in [1.54, 1.807) is 0 Å². The standard InChI is InChI=1S/C24H20O3/c25-24-20-19(22(27-24)17-12-6-2-7-13-17)21(16-10-4-1-5-11-16)26-23(20)18-14-8-3-9-15-18/h1-15,19-23H/t19-,20+,21-,22-,23+/m1/s1. The molecule has 0 saturated carbocycles. The minimum absolute atomic E-state index is 0.0486. The Kier molecular flexibility index (Phi) is 4.02. The third kappa shape index (κ3) is 2.75. The molecule has 3 nitrogen and oxygen atoms in total. The second kappa shape index (κ2) is 6.67. The molecule has 3 aromatic carbocycles. The molecule has 3 aromatic rings. The maximum Gasteiger partial charge on any atom is 0.313 e. The minimum atomic E-state index is -0.303. The summed E-state index contributed by atoms with van der Waals surface area (Å²) >= 11 is 0. The van der Waals surface area contributed by atoms with Crippen LogP contribution in [-0.4, -0.2) is 5.97 Å². The van der Waals surface area contributed by atoms with Crippen LogP contribution in [0.3, 0.4) is 0 Å². The van der Waals surface area contributed by atoms with Gasteiger partial charge in [0.15, 0.2) is 0 Å². The van der Waals surface area contributed by atoms with E-state index in [0.29, 0.717) is 0 Å². The van der Waals surface area contributed by atoms with Gasteiger partial charge in [-0.05, 0) is 16.7 Å². The molecule has 0 aromatic heterocycles. The minimum Gasteiger partial charge on any atom is -0.457 e. The molecule has 0 N–H and O–H groups in total. The number of hydrogen-bond donors (Lipinski definition) is 0. The third-order valence-electron chi connectivity index (χ3n) is 5.63. The topological polar surface area (TPSA) is 35.5 Å². The van der Waals surface area contributed by atoms with Gasteiger partial charge >= 0.3 is 5.97 Å². The summed E-state index contributed by atoms with van der Waals surface area (Å²) in [6.45, 7) is 0. The van der Waals surface area contributed by atoms with Crippen LogP contribution in [0.5, 0.6) is 0 Å². The van der Waals surface area contributed by atoms with Crippen LogP contribution >= 0.6 is 0 Å². The van der Waals surface area contributed by atoms with Crippen LogP contribution in [-0.2, 0) is 14.3 Å². The Morgan fingerprint density at radius 2 is 1.00 bits per heavy atom. The van der Waals surface area contributed by atoms with Gasteiger partial charge in [0.25, 0.3) is 0 Å². The van der Waals surface area contributed by atoms with Gasteiger partial charge in [-0.2, -0.15) is 0 Å². The maximum absolute atomic E-state index is 12.9. The van der Waals surface area contributed by atoms with E-state index >= 15 is 0 Å². The summed E-state index contributed by atoms with van der Waals surface area (Å²) in [5.41, 5.74) is 3.14. The molecule has 0 amide bonds. The first kappa shape index (κ1) is 16.3. The molecule has 2 aliphatic rings. The lowest BCUT2D eigenvalue weighted by Crippen LogP contribution is -2.18. The molecule has 0 radical (unpaired) electrons. The first-order chi connectivity index (χ1) is 13.3. The van der Waals surface area contributed by atoms with Gasteiger partial charge in [0, 0.05) is 5.92 Å². The van der Waals surface area contributed by atoms with E-state index in [2.05, 4.69) is 12.1 Å². The highest BCUT2D eigenvalue weighted by Gasteiger charge is 2.59. The van der Waals surface area contributed by atoms with Crippen molar-refractivity contribution in [3.8, 4) is 0 Å². The summed E-state index contributed by atoms with van der Waals surface area (Å²) in [5.74, 6) is -0.517. The van der Waals surface area contributed by atoms with Gasteiger partial charge in [-0.25, -0.2) is 0 Å². The molecule has 2 saturated heterocycles. The van der Waals surface area contributed by atoms with Gasteiger partial charge in [0.2, 0.25) is 0 Å². The molecule has 0 bridgehead atoms. The van der Waals surface area contributed by atoms with Gasteiger partial charge in [-0.1, -0.05) is 91.0 Å². The monoisotopic (exact) mass is 356 g/mol. The first-order valence-electron chi connectivity index (χ1n) is 9.34. The summed E-state index contributed by atoms with van der Waals surface area (Å²) in [6.07, 6.45) is -0.761. The lowest BCUT2D eigenvalue weighted by molar-refractivity contribution is -0.149. The quantitative estimate of drug-likeness (QED) is 0.618. The Hall–Kier alpha value is -2.91. The van der Waals surface area contributed by atoms with Crippen LogP contribution < -0.4 is 0 Å². The van der Waals surface area contributed by atoms with E-state index in [9.17, 15) is 4.79 Å². The average Bonchev–Trinajstić information content (AvgIpc) is 3.29. The number of fused-ring (bicyclic) bond motifs is 1. The Morgan fingerprint density at radius 1 is 0.556 bits per heavy atom. The van der Waals surface area contributed by atoms with Crippen LogP contribution in [0.1, 0.15) is 35.0 Å². The zero-order valence-electron chi connectivity index (χ0n) is 14.8.